The molecule has 0 bridgehead atoms. The third kappa shape index (κ3) is 24.5. The van der Waals surface area contributed by atoms with Crippen LogP contribution in [0.25, 0.3) is 0 Å². The van der Waals surface area contributed by atoms with Crippen LogP contribution >= 0.6 is 0 Å². The Morgan fingerprint density at radius 3 is 1.23 bits per heavy atom. The minimum atomic E-state index is -0.105. The van der Waals surface area contributed by atoms with Crippen molar-refractivity contribution in [3.63, 3.8) is 0 Å². The van der Waals surface area contributed by atoms with Gasteiger partial charge in [0.1, 0.15) is 0 Å². The number of hydrogen-bond donors (Lipinski definition) is 0. The molecule has 0 heterocycles. The lowest BCUT2D eigenvalue weighted by molar-refractivity contribution is -0.143. The van der Waals surface area contributed by atoms with Gasteiger partial charge in [-0.1, -0.05) is 105 Å². The molecule has 0 fully saturated rings. The molecule has 0 aromatic heterocycles. The van der Waals surface area contributed by atoms with Crippen molar-refractivity contribution in [3.8, 4) is 0 Å². The highest BCUT2D eigenvalue weighted by Gasteiger charge is 1.93. The summed E-state index contributed by atoms with van der Waals surface area (Å²) in [6.45, 7) is 8.90. The highest BCUT2D eigenvalue weighted by Crippen LogP contribution is 2.11. The van der Waals surface area contributed by atoms with Crippen molar-refractivity contribution < 1.29 is 9.53 Å². The van der Waals surface area contributed by atoms with E-state index in [1.807, 2.05) is 6.92 Å². The minimum absolute atomic E-state index is 0.105. The van der Waals surface area contributed by atoms with Crippen LogP contribution in [-0.4, -0.2) is 12.6 Å². The Balaban J connectivity index is 0. The van der Waals surface area contributed by atoms with Crippen molar-refractivity contribution in [2.24, 2.45) is 0 Å². The summed E-state index contributed by atoms with van der Waals surface area (Å²) in [5.41, 5.74) is 0. The third-order valence-corrected chi connectivity index (χ3v) is 3.71. The largest absolute Gasteiger partial charge is 0.466 e. The number of esters is 1. The number of carbonyl (C=O) groups is 1. The van der Waals surface area contributed by atoms with E-state index >= 15 is 0 Å². The molecule has 2 heteroatoms. The zero-order valence-electron chi connectivity index (χ0n) is 15.9. The normalized spacial score (nSPS) is 10.0. The standard InChI is InChI=1S/C14H30.C6H12O2/c1-3-5-7-9-11-13-14-12-10-8-6-4-2;1-3-5-8-6(7)4-2/h3-14H2,1-2H3;3-5H2,1-2H3. The minimum Gasteiger partial charge on any atom is -0.466 e. The lowest BCUT2D eigenvalue weighted by Gasteiger charge is -2.01. The monoisotopic (exact) mass is 314 g/mol. The van der Waals surface area contributed by atoms with E-state index in [2.05, 4.69) is 13.8 Å². The predicted molar refractivity (Wildman–Crippen MR) is 98.3 cm³/mol. The Morgan fingerprint density at radius 2 is 0.955 bits per heavy atom. The quantitative estimate of drug-likeness (QED) is 0.253. The van der Waals surface area contributed by atoms with Crippen molar-refractivity contribution in [3.05, 3.63) is 0 Å². The molecule has 0 rings (SSSR count). The average Bonchev–Trinajstić information content (AvgIpc) is 2.55. The van der Waals surface area contributed by atoms with Crippen molar-refractivity contribution in [2.75, 3.05) is 6.61 Å². The highest BCUT2D eigenvalue weighted by molar-refractivity contribution is 5.68. The third-order valence-electron chi connectivity index (χ3n) is 3.71. The molecule has 0 radical (unpaired) electrons. The van der Waals surface area contributed by atoms with E-state index in [9.17, 15) is 4.79 Å². The molecule has 0 aliphatic heterocycles. The Hall–Kier alpha value is -0.530. The van der Waals surface area contributed by atoms with Crippen LogP contribution in [0, 0.1) is 0 Å². The maximum absolute atomic E-state index is 10.3. The molecule has 0 amide bonds. The first-order valence-electron chi connectivity index (χ1n) is 9.88. The van der Waals surface area contributed by atoms with Crippen LogP contribution in [0.1, 0.15) is 118 Å². The van der Waals surface area contributed by atoms with Crippen molar-refractivity contribution >= 4 is 5.97 Å². The summed E-state index contributed by atoms with van der Waals surface area (Å²) in [5, 5.41) is 0. The molecule has 22 heavy (non-hydrogen) atoms. The van der Waals surface area contributed by atoms with Crippen LogP contribution in [0.15, 0.2) is 0 Å². The van der Waals surface area contributed by atoms with Gasteiger partial charge in [-0.2, -0.15) is 0 Å². The van der Waals surface area contributed by atoms with Gasteiger partial charge in [-0.3, -0.25) is 4.79 Å². The summed E-state index contributed by atoms with van der Waals surface area (Å²) in [5.74, 6) is -0.105. The number of hydrogen-bond acceptors (Lipinski definition) is 2. The van der Waals surface area contributed by atoms with Crippen molar-refractivity contribution in [2.45, 2.75) is 118 Å². The Bertz CT molecular complexity index is 190. The van der Waals surface area contributed by atoms with Gasteiger partial charge in [-0.15, -0.1) is 0 Å². The van der Waals surface area contributed by atoms with Crippen LogP contribution < -0.4 is 0 Å². The van der Waals surface area contributed by atoms with Crippen LogP contribution in [0.3, 0.4) is 0 Å². The van der Waals surface area contributed by atoms with E-state index in [1.165, 1.54) is 77.0 Å². The number of unbranched alkanes of at least 4 members (excludes halogenated alkanes) is 11. The average molecular weight is 315 g/mol. The summed E-state index contributed by atoms with van der Waals surface area (Å²) < 4.78 is 4.70. The highest BCUT2D eigenvalue weighted by atomic mass is 16.5. The first-order chi connectivity index (χ1) is 10.7. The predicted octanol–water partition coefficient (Wildman–Crippen LogP) is 7.06. The fraction of sp³-hybridized carbons (Fsp3) is 0.950. The van der Waals surface area contributed by atoms with Gasteiger partial charge in [-0.05, 0) is 6.42 Å². The molecule has 0 aliphatic rings. The topological polar surface area (TPSA) is 26.3 Å². The first kappa shape index (κ1) is 23.7. The SMILES string of the molecule is CCCCCCCCCCCCCC.CCCOC(=O)CC. The smallest absolute Gasteiger partial charge is 0.305 e. The Labute approximate surface area is 140 Å². The molecule has 0 saturated heterocycles. The van der Waals surface area contributed by atoms with E-state index in [1.54, 1.807) is 6.92 Å². The summed E-state index contributed by atoms with van der Waals surface area (Å²) in [7, 11) is 0. The molecule has 0 saturated carbocycles. The lowest BCUT2D eigenvalue weighted by Crippen LogP contribution is -2.02. The molecule has 0 spiro atoms. The van der Waals surface area contributed by atoms with Gasteiger partial charge >= 0.3 is 5.97 Å². The van der Waals surface area contributed by atoms with E-state index in [-0.39, 0.29) is 5.97 Å². The van der Waals surface area contributed by atoms with E-state index < -0.39 is 0 Å². The number of carbonyl (C=O) groups excluding carboxylic acids is 1. The van der Waals surface area contributed by atoms with Gasteiger partial charge in [-0.25, -0.2) is 0 Å². The molecule has 0 unspecified atom stereocenters. The number of ether oxygens (including phenoxy) is 1. The molecule has 0 atom stereocenters. The lowest BCUT2D eigenvalue weighted by atomic mass is 10.1. The molecular weight excluding hydrogens is 272 g/mol. The van der Waals surface area contributed by atoms with E-state index in [4.69, 9.17) is 4.74 Å². The summed E-state index contributed by atoms with van der Waals surface area (Å²) in [6, 6.07) is 0. The Morgan fingerprint density at radius 1 is 0.591 bits per heavy atom. The molecule has 0 N–H and O–H groups in total. The van der Waals surface area contributed by atoms with Gasteiger partial charge in [0.05, 0.1) is 6.61 Å². The number of rotatable bonds is 14. The molecule has 0 aliphatic carbocycles. The van der Waals surface area contributed by atoms with E-state index in [0.717, 1.165) is 6.42 Å². The second kappa shape index (κ2) is 22.7. The van der Waals surface area contributed by atoms with Gasteiger partial charge in [0, 0.05) is 6.42 Å². The van der Waals surface area contributed by atoms with Crippen LogP contribution in [0.2, 0.25) is 0 Å². The maximum Gasteiger partial charge on any atom is 0.305 e. The van der Waals surface area contributed by atoms with Crippen LogP contribution in [0.5, 0.6) is 0 Å². The van der Waals surface area contributed by atoms with Gasteiger partial charge in [0.15, 0.2) is 0 Å². The van der Waals surface area contributed by atoms with Crippen LogP contribution in [0.4, 0.5) is 0 Å². The molecule has 134 valence electrons. The fourth-order valence-electron chi connectivity index (χ4n) is 2.23. The molecule has 0 aromatic carbocycles. The van der Waals surface area contributed by atoms with Gasteiger partial charge in [0.25, 0.3) is 0 Å². The zero-order chi connectivity index (χ0) is 16.9. The fourth-order valence-corrected chi connectivity index (χ4v) is 2.23. The molecule has 2 nitrogen and oxygen atoms in total. The zero-order valence-corrected chi connectivity index (χ0v) is 15.9. The van der Waals surface area contributed by atoms with Crippen molar-refractivity contribution in [1.29, 1.82) is 0 Å². The van der Waals surface area contributed by atoms with Crippen LogP contribution in [-0.2, 0) is 9.53 Å². The Kier molecular flexibility index (Phi) is 24.5. The van der Waals surface area contributed by atoms with Gasteiger partial charge in [0.2, 0.25) is 0 Å². The summed E-state index contributed by atoms with van der Waals surface area (Å²) in [6.07, 6.45) is 18.8. The molecular formula is C20H42O2. The van der Waals surface area contributed by atoms with Crippen molar-refractivity contribution in [1.82, 2.24) is 0 Å². The molecule has 0 aromatic rings. The summed E-state index contributed by atoms with van der Waals surface area (Å²) in [4.78, 5) is 10.3. The first-order valence-corrected chi connectivity index (χ1v) is 9.88. The van der Waals surface area contributed by atoms with E-state index in [0.29, 0.717) is 13.0 Å². The second-order valence-corrected chi connectivity index (χ2v) is 6.11. The summed E-state index contributed by atoms with van der Waals surface area (Å²) >= 11 is 0. The van der Waals surface area contributed by atoms with Gasteiger partial charge < -0.3 is 4.74 Å². The second-order valence-electron chi connectivity index (χ2n) is 6.11. The maximum atomic E-state index is 10.3.